The van der Waals surface area contributed by atoms with E-state index in [0.717, 1.165) is 125 Å². The second kappa shape index (κ2) is 30.6. The lowest BCUT2D eigenvalue weighted by molar-refractivity contribution is -0.182. The van der Waals surface area contributed by atoms with Gasteiger partial charge in [0.15, 0.2) is 0 Å². The molecule has 1 spiro atoms. The summed E-state index contributed by atoms with van der Waals surface area (Å²) in [6, 6.07) is 55.7. The van der Waals surface area contributed by atoms with E-state index in [9.17, 15) is 0 Å². The molecule has 0 N–H and O–H groups in total. The molecule has 6 aromatic carbocycles. The van der Waals surface area contributed by atoms with Gasteiger partial charge in [0.25, 0.3) is 0 Å². The summed E-state index contributed by atoms with van der Waals surface area (Å²) in [7, 11) is 0. The van der Waals surface area contributed by atoms with Crippen LogP contribution in [0.25, 0.3) is 110 Å². The van der Waals surface area contributed by atoms with Crippen LogP contribution in [0.5, 0.6) is 0 Å². The Kier molecular flexibility index (Phi) is 19.3. The minimum absolute atomic E-state index is 0.107. The zero-order chi connectivity index (χ0) is 91.8. The number of nitrogens with zero attached hydrogens (tertiary/aromatic N) is 10. The van der Waals surface area contributed by atoms with E-state index in [-0.39, 0.29) is 21.7 Å². The molecule has 10 aromatic heterocycles. The molecule has 694 valence electrons. The van der Waals surface area contributed by atoms with Gasteiger partial charge in [-0.05, 0) is 327 Å². The number of anilines is 1. The molecule has 4 aliphatic carbocycles. The zero-order valence-corrected chi connectivity index (χ0v) is 82.1. The van der Waals surface area contributed by atoms with Gasteiger partial charge in [0.05, 0.1) is 0 Å². The number of fused-ring (bicyclic) bond motifs is 20. The molecule has 0 amide bonds. The number of hydrogen-bond donors (Lipinski definition) is 0. The van der Waals surface area contributed by atoms with Crippen molar-refractivity contribution in [1.29, 1.82) is 0 Å². The molecule has 19 aliphatic rings. The van der Waals surface area contributed by atoms with Crippen molar-refractivity contribution < 1.29 is 22.1 Å². The molecule has 0 radical (unpaired) electrons. The van der Waals surface area contributed by atoms with E-state index in [1.54, 1.807) is 0 Å². The van der Waals surface area contributed by atoms with E-state index in [0.29, 0.717) is 64.6 Å². The van der Waals surface area contributed by atoms with Crippen molar-refractivity contribution in [1.82, 2.24) is 44.5 Å². The van der Waals surface area contributed by atoms with Crippen LogP contribution in [-0.4, -0.2) is 131 Å². The van der Waals surface area contributed by atoms with Gasteiger partial charge in [-0.15, -0.1) is 0 Å². The van der Waals surface area contributed by atoms with Crippen molar-refractivity contribution in [2.75, 3.05) is 44.2 Å². The second-order valence-electron chi connectivity index (χ2n) is 46.9. The van der Waals surface area contributed by atoms with Gasteiger partial charge >= 0.3 is 0 Å². The Hall–Kier alpha value is -10.3. The molecule has 15 heteroatoms. The quantitative estimate of drug-likeness (QED) is 0.161. The van der Waals surface area contributed by atoms with Gasteiger partial charge in [-0.2, -0.15) is 0 Å². The number of aryl methyl sites for hydroxylation is 5. The third-order valence-electron chi connectivity index (χ3n) is 40.0. The smallest absolute Gasteiger partial charge is 0.227 e. The molecule has 4 saturated carbocycles. The summed E-state index contributed by atoms with van der Waals surface area (Å²) in [6.07, 6.45) is 32.3. The second-order valence-corrected chi connectivity index (χ2v) is 46.9. The molecular formula is C120H134N10O5. The largest absolute Gasteiger partial charge is 0.437 e. The Labute approximate surface area is 794 Å². The number of benzene rings is 6. The number of aromatic nitrogens is 5. The number of hydrogen-bond acceptors (Lipinski definition) is 15. The van der Waals surface area contributed by atoms with E-state index in [1.807, 2.05) is 61.3 Å². The summed E-state index contributed by atoms with van der Waals surface area (Å²) in [4.78, 5) is 36.3. The molecule has 15 aliphatic heterocycles. The highest BCUT2D eigenvalue weighted by Crippen LogP contribution is 2.68. The average molecular weight is 1800 g/mol. The highest BCUT2D eigenvalue weighted by atomic mass is 16.4. The summed E-state index contributed by atoms with van der Waals surface area (Å²) in [5.41, 5.74) is 28.2. The maximum absolute atomic E-state index is 6.51. The summed E-state index contributed by atoms with van der Waals surface area (Å²) >= 11 is 0. The van der Waals surface area contributed by atoms with E-state index in [1.165, 1.54) is 236 Å². The van der Waals surface area contributed by atoms with Crippen LogP contribution in [-0.2, 0) is 21.7 Å². The Morgan fingerprint density at radius 1 is 0.341 bits per heavy atom. The highest BCUT2D eigenvalue weighted by molar-refractivity contribution is 6.09. The standard InChI is InChI=1S/C27H32N2O.C25H24N2O.C24H28N2O.C22H24N2O.C22H26N2O/c1-17-8-9-21-22-7-6-12-28-25(22)30-24(21)23(17)26-14-19-13-20(15-26)27(10-4-3-5-11-27)29(16-19)18(26)2;1-15-10-11-17-18-7-6-13-26-24(18)28-23(17)21(15)22-16(2)27-14-12-25(22,3)19-8-4-5-9-20(19)27;1-14-7-8-18-19-6-5-9-25-22(19)27-21(18)20(14)24-11-16-10-17(12-24)23(3,4)26(13-16)15(24)2;1-13-5-6-17-18-4-3-7-23-21(18)25-20(17)19(13)22-9-15-8-16(10-22)12-24(11-15)14(22)2;1-13-7-8-16-17-6-5-10-23-21(17)25-20(16)18(13)19-15(3)24-11-9-22(19,4)12-14(24)2/h6-9,12,18-20H,3-5,10-11,13-16H2,1-2H3;4-11,13,16,22H,12,14H2,1-3H3;5-9,15-17H,10-13H2,1-4H3;3-7,14-16H,8-12H2,1-2H3;5-8,10,14-15,19H,9,11-12H2,1-4H3/t18-,19?,20?,26?;16-,22?,25?;15-,16?,17?,24?;14-,15?,16?,22?;14?,15-,19?,22?/m11111/s1. The first-order valence-electron chi connectivity index (χ1n) is 52.0. The molecule has 25 heterocycles. The minimum atomic E-state index is 0.107. The molecule has 17 fully saturated rings. The summed E-state index contributed by atoms with van der Waals surface area (Å²) in [5.74, 6) is 5.94. The fraction of sp³-hybridized carbons (Fsp3) is 0.492. The molecule has 16 unspecified atom stereocenters. The van der Waals surface area contributed by atoms with Crippen molar-refractivity contribution in [3.63, 3.8) is 0 Å². The van der Waals surface area contributed by atoms with Crippen molar-refractivity contribution in [2.45, 2.75) is 294 Å². The Morgan fingerprint density at radius 2 is 0.748 bits per heavy atom. The Balaban J connectivity index is 0.0000000879. The molecule has 135 heavy (non-hydrogen) atoms. The van der Waals surface area contributed by atoms with Crippen LogP contribution >= 0.6 is 0 Å². The summed E-state index contributed by atoms with van der Waals surface area (Å²) in [6.45, 7) is 43.5. The fourth-order valence-corrected chi connectivity index (χ4v) is 34.4. The van der Waals surface area contributed by atoms with Crippen molar-refractivity contribution in [3.8, 4) is 0 Å². The zero-order valence-electron chi connectivity index (χ0n) is 82.1. The number of rotatable bonds is 5. The van der Waals surface area contributed by atoms with Crippen LogP contribution in [0, 0.1) is 75.5 Å². The first kappa shape index (κ1) is 85.2. The van der Waals surface area contributed by atoms with Gasteiger partial charge in [0.2, 0.25) is 28.6 Å². The first-order chi connectivity index (χ1) is 65.3. The SMILES string of the molecule is Cc1ccc2c(oc3ncccc32)c1C12CC3CC(C1)C(C)(C)N(C3)[C@@H]2C.Cc1ccc2c(oc3ncccc32)c1C12CC3CC(C1)C1(CCCCC1)N(C3)[C@@H]2C.Cc1ccc2c(oc3ncccc32)c1C12CC3CC(CN(C3)[C@@H]1C)C2.Cc1ccc2c(oc3ncccc32)c1C1[C@@H](C)N2CCC1(C)CC2C.Cc1ccc2c(oc3ncccc32)c1C1[C@@H](C)N2CCC1(C)c1ccccc12. The molecule has 16 aromatic rings. The number of furan rings is 5. The maximum atomic E-state index is 6.51. The predicted molar refractivity (Wildman–Crippen MR) is 546 cm³/mol. The molecular weight excluding hydrogens is 1660 g/mol. The lowest BCUT2D eigenvalue weighted by atomic mass is 9.46. The van der Waals surface area contributed by atoms with E-state index < -0.39 is 0 Å². The van der Waals surface area contributed by atoms with Crippen LogP contribution in [0.3, 0.4) is 0 Å². The lowest BCUT2D eigenvalue weighted by Crippen LogP contribution is -2.75. The van der Waals surface area contributed by atoms with Gasteiger partial charge in [0, 0.05) is 232 Å². The molecule has 16 bridgehead atoms. The fourth-order valence-electron chi connectivity index (χ4n) is 34.4. The monoisotopic (exact) mass is 1800 g/mol. The van der Waals surface area contributed by atoms with Crippen LogP contribution in [0.2, 0.25) is 0 Å². The van der Waals surface area contributed by atoms with Crippen molar-refractivity contribution in [3.05, 3.63) is 238 Å². The minimum Gasteiger partial charge on any atom is -0.437 e. The Bertz CT molecular complexity index is 7470. The van der Waals surface area contributed by atoms with E-state index >= 15 is 0 Å². The van der Waals surface area contributed by atoms with Gasteiger partial charge in [-0.25, -0.2) is 24.9 Å². The van der Waals surface area contributed by atoms with Crippen LogP contribution in [0.15, 0.2) is 199 Å². The lowest BCUT2D eigenvalue weighted by Gasteiger charge is -2.71. The van der Waals surface area contributed by atoms with Crippen molar-refractivity contribution >= 4 is 116 Å². The molecule has 15 nitrogen and oxygen atoms in total. The van der Waals surface area contributed by atoms with Gasteiger partial charge in [-0.3, -0.25) is 19.6 Å². The number of piperidine rings is 13. The maximum Gasteiger partial charge on any atom is 0.227 e. The molecule has 13 saturated heterocycles. The highest BCUT2D eigenvalue weighted by Gasteiger charge is 2.67. The summed E-state index contributed by atoms with van der Waals surface area (Å²) in [5, 5.41) is 11.8. The molecule has 35 rings (SSSR count). The topological polar surface area (TPSA) is 146 Å². The Morgan fingerprint density at radius 3 is 1.22 bits per heavy atom. The van der Waals surface area contributed by atoms with Crippen LogP contribution in [0.1, 0.15) is 251 Å². The normalized spacial score (nSPS) is 34.2. The number of para-hydroxylation sites is 1. The summed E-state index contributed by atoms with van der Waals surface area (Å²) < 4.78 is 32.0. The van der Waals surface area contributed by atoms with Crippen LogP contribution < -0.4 is 4.90 Å². The first-order valence-corrected chi connectivity index (χ1v) is 52.0. The third kappa shape index (κ3) is 12.2. The van der Waals surface area contributed by atoms with Crippen molar-refractivity contribution in [2.24, 2.45) is 40.9 Å². The number of pyridine rings is 5. The predicted octanol–water partition coefficient (Wildman–Crippen LogP) is 27.7. The molecule has 21 atom stereocenters. The average Bonchev–Trinajstić information content (AvgIpc) is 1.70. The van der Waals surface area contributed by atoms with E-state index in [4.69, 9.17) is 22.1 Å². The van der Waals surface area contributed by atoms with Gasteiger partial charge < -0.3 is 27.0 Å². The third-order valence-corrected chi connectivity index (χ3v) is 40.0. The van der Waals surface area contributed by atoms with E-state index in [2.05, 4.69) is 269 Å². The van der Waals surface area contributed by atoms with Gasteiger partial charge in [-0.1, -0.05) is 112 Å². The van der Waals surface area contributed by atoms with Crippen LogP contribution in [0.4, 0.5) is 5.69 Å². The van der Waals surface area contributed by atoms with Gasteiger partial charge in [0.1, 0.15) is 27.9 Å².